The maximum absolute atomic E-state index is 12.7. The number of piperazine rings is 1. The molecule has 0 radical (unpaired) electrons. The summed E-state index contributed by atoms with van der Waals surface area (Å²) in [4.78, 5) is 4.21. The molecule has 0 unspecified atom stereocenters. The van der Waals surface area contributed by atoms with E-state index >= 15 is 0 Å². The van der Waals surface area contributed by atoms with Crippen LogP contribution in [0.1, 0.15) is 11.1 Å². The van der Waals surface area contributed by atoms with E-state index in [0.717, 1.165) is 37.8 Å². The molecule has 1 aromatic carbocycles. The van der Waals surface area contributed by atoms with E-state index in [9.17, 15) is 13.2 Å². The van der Waals surface area contributed by atoms with E-state index in [-0.39, 0.29) is 0 Å². The van der Waals surface area contributed by atoms with E-state index in [0.29, 0.717) is 5.69 Å². The summed E-state index contributed by atoms with van der Waals surface area (Å²) in [5.74, 6) is 0. The van der Waals surface area contributed by atoms with Gasteiger partial charge in [-0.1, -0.05) is 6.07 Å². The maximum atomic E-state index is 12.7. The highest BCUT2D eigenvalue weighted by Crippen LogP contribution is 2.33. The van der Waals surface area contributed by atoms with E-state index < -0.39 is 11.7 Å². The van der Waals surface area contributed by atoms with Crippen molar-refractivity contribution in [1.29, 1.82) is 0 Å². The van der Waals surface area contributed by atoms with Gasteiger partial charge >= 0.3 is 6.18 Å². The van der Waals surface area contributed by atoms with Gasteiger partial charge in [-0.25, -0.2) is 0 Å². The second-order valence-corrected chi connectivity index (χ2v) is 4.79. The minimum Gasteiger partial charge on any atom is -0.369 e. The SMILES string of the molecule is Cc1ccc(C(F)(F)F)cc1N1CCN(C)CC1. The fourth-order valence-corrected chi connectivity index (χ4v) is 2.17. The van der Waals surface area contributed by atoms with Gasteiger partial charge in [-0.05, 0) is 31.7 Å². The summed E-state index contributed by atoms with van der Waals surface area (Å²) < 4.78 is 38.1. The summed E-state index contributed by atoms with van der Waals surface area (Å²) in [6, 6.07) is 3.96. The Bertz CT molecular complexity index is 421. The minimum atomic E-state index is -4.27. The molecule has 2 nitrogen and oxygen atoms in total. The highest BCUT2D eigenvalue weighted by Gasteiger charge is 2.31. The number of hydrogen-bond acceptors (Lipinski definition) is 2. The summed E-state index contributed by atoms with van der Waals surface area (Å²) in [7, 11) is 2.02. The molecule has 1 aromatic rings. The lowest BCUT2D eigenvalue weighted by Crippen LogP contribution is -2.44. The van der Waals surface area contributed by atoms with E-state index in [2.05, 4.69) is 4.90 Å². The van der Waals surface area contributed by atoms with Crippen LogP contribution in [0.15, 0.2) is 18.2 Å². The number of halogens is 3. The quantitative estimate of drug-likeness (QED) is 0.764. The van der Waals surface area contributed by atoms with Gasteiger partial charge in [0.15, 0.2) is 0 Å². The number of rotatable bonds is 1. The first-order valence-electron chi connectivity index (χ1n) is 5.99. The number of likely N-dealkylation sites (N-methyl/N-ethyl adjacent to an activating group) is 1. The molecule has 1 aliphatic heterocycles. The molecule has 0 aliphatic carbocycles. The van der Waals surface area contributed by atoms with Crippen LogP contribution in [0.4, 0.5) is 18.9 Å². The van der Waals surface area contributed by atoms with Crippen LogP contribution >= 0.6 is 0 Å². The zero-order valence-electron chi connectivity index (χ0n) is 10.6. The largest absolute Gasteiger partial charge is 0.416 e. The molecule has 18 heavy (non-hydrogen) atoms. The predicted molar refractivity (Wildman–Crippen MR) is 65.9 cm³/mol. The van der Waals surface area contributed by atoms with E-state index in [1.807, 2.05) is 18.9 Å². The fraction of sp³-hybridized carbons (Fsp3) is 0.538. The van der Waals surface area contributed by atoms with Crippen LogP contribution < -0.4 is 4.90 Å². The highest BCUT2D eigenvalue weighted by molar-refractivity contribution is 5.55. The topological polar surface area (TPSA) is 6.48 Å². The summed E-state index contributed by atoms with van der Waals surface area (Å²) in [6.07, 6.45) is -4.27. The normalized spacial score (nSPS) is 18.2. The Labute approximate surface area is 105 Å². The van der Waals surface area contributed by atoms with Crippen molar-refractivity contribution < 1.29 is 13.2 Å². The number of nitrogens with zero attached hydrogens (tertiary/aromatic N) is 2. The molecule has 0 spiro atoms. The smallest absolute Gasteiger partial charge is 0.369 e. The molecule has 5 heteroatoms. The van der Waals surface area contributed by atoms with Crippen molar-refractivity contribution >= 4 is 5.69 Å². The van der Waals surface area contributed by atoms with Crippen LogP contribution in [0.3, 0.4) is 0 Å². The number of benzene rings is 1. The average Bonchev–Trinajstić information content (AvgIpc) is 2.29. The molecule has 0 saturated carbocycles. The molecule has 1 fully saturated rings. The van der Waals surface area contributed by atoms with Gasteiger partial charge in [-0.3, -0.25) is 0 Å². The number of hydrogen-bond donors (Lipinski definition) is 0. The monoisotopic (exact) mass is 258 g/mol. The van der Waals surface area contributed by atoms with Crippen molar-refractivity contribution in [2.75, 3.05) is 38.1 Å². The first-order valence-corrected chi connectivity index (χ1v) is 5.99. The molecule has 0 aromatic heterocycles. The molecule has 0 atom stereocenters. The number of alkyl halides is 3. The molecular weight excluding hydrogens is 241 g/mol. The van der Waals surface area contributed by atoms with Crippen LogP contribution in [0.5, 0.6) is 0 Å². The van der Waals surface area contributed by atoms with Gasteiger partial charge < -0.3 is 9.80 Å². The third-order valence-corrected chi connectivity index (χ3v) is 3.38. The van der Waals surface area contributed by atoms with Crippen LogP contribution in [-0.4, -0.2) is 38.1 Å². The Hall–Kier alpha value is -1.23. The van der Waals surface area contributed by atoms with Crippen molar-refractivity contribution in [2.45, 2.75) is 13.1 Å². The van der Waals surface area contributed by atoms with E-state index in [1.54, 1.807) is 6.07 Å². The van der Waals surface area contributed by atoms with Gasteiger partial charge in [0.25, 0.3) is 0 Å². The Morgan fingerprint density at radius 3 is 2.22 bits per heavy atom. The van der Waals surface area contributed by atoms with Crippen molar-refractivity contribution in [1.82, 2.24) is 4.90 Å². The average molecular weight is 258 g/mol. The maximum Gasteiger partial charge on any atom is 0.416 e. The summed E-state index contributed by atoms with van der Waals surface area (Å²) in [5.41, 5.74) is 1.03. The third-order valence-electron chi connectivity index (χ3n) is 3.38. The number of anilines is 1. The fourth-order valence-electron chi connectivity index (χ4n) is 2.17. The Morgan fingerprint density at radius 1 is 1.06 bits per heavy atom. The zero-order valence-corrected chi connectivity index (χ0v) is 10.6. The summed E-state index contributed by atoms with van der Waals surface area (Å²) >= 11 is 0. The molecule has 1 heterocycles. The molecular formula is C13H17F3N2. The molecule has 0 amide bonds. The molecule has 0 N–H and O–H groups in total. The Kier molecular flexibility index (Phi) is 3.52. The first kappa shape index (κ1) is 13.2. The van der Waals surface area contributed by atoms with Crippen molar-refractivity contribution in [2.24, 2.45) is 0 Å². The zero-order chi connectivity index (χ0) is 13.3. The van der Waals surface area contributed by atoms with Gasteiger partial charge in [-0.2, -0.15) is 13.2 Å². The van der Waals surface area contributed by atoms with Crippen LogP contribution in [0.2, 0.25) is 0 Å². The van der Waals surface area contributed by atoms with E-state index in [4.69, 9.17) is 0 Å². The van der Waals surface area contributed by atoms with Crippen molar-refractivity contribution in [3.63, 3.8) is 0 Å². The Balaban J connectivity index is 2.27. The Morgan fingerprint density at radius 2 is 1.67 bits per heavy atom. The molecule has 2 rings (SSSR count). The van der Waals surface area contributed by atoms with Crippen LogP contribution in [0.25, 0.3) is 0 Å². The summed E-state index contributed by atoms with van der Waals surface area (Å²) in [6.45, 7) is 5.18. The minimum absolute atomic E-state index is 0.568. The van der Waals surface area contributed by atoms with Gasteiger partial charge in [0.1, 0.15) is 0 Å². The third kappa shape index (κ3) is 2.77. The summed E-state index contributed by atoms with van der Waals surface area (Å²) in [5, 5.41) is 0. The number of aryl methyl sites for hydroxylation is 1. The lowest BCUT2D eigenvalue weighted by molar-refractivity contribution is -0.137. The molecule has 100 valence electrons. The second-order valence-electron chi connectivity index (χ2n) is 4.79. The van der Waals surface area contributed by atoms with Gasteiger partial charge in [0.2, 0.25) is 0 Å². The molecule has 1 saturated heterocycles. The second kappa shape index (κ2) is 4.80. The van der Waals surface area contributed by atoms with Crippen LogP contribution in [-0.2, 0) is 6.18 Å². The van der Waals surface area contributed by atoms with Gasteiger partial charge in [-0.15, -0.1) is 0 Å². The first-order chi connectivity index (χ1) is 8.38. The molecule has 1 aliphatic rings. The lowest BCUT2D eigenvalue weighted by Gasteiger charge is -2.35. The molecule has 0 bridgehead atoms. The van der Waals surface area contributed by atoms with E-state index in [1.165, 1.54) is 6.07 Å². The van der Waals surface area contributed by atoms with Crippen LogP contribution in [0, 0.1) is 6.92 Å². The van der Waals surface area contributed by atoms with Gasteiger partial charge in [0, 0.05) is 31.9 Å². The van der Waals surface area contributed by atoms with Crippen molar-refractivity contribution in [3.05, 3.63) is 29.3 Å². The lowest BCUT2D eigenvalue weighted by atomic mass is 10.1. The highest BCUT2D eigenvalue weighted by atomic mass is 19.4. The van der Waals surface area contributed by atoms with Gasteiger partial charge in [0.05, 0.1) is 5.56 Å². The standard InChI is InChI=1S/C13H17F3N2/c1-10-3-4-11(13(14,15)16)9-12(10)18-7-5-17(2)6-8-18/h3-4,9H,5-8H2,1-2H3. The van der Waals surface area contributed by atoms with Crippen molar-refractivity contribution in [3.8, 4) is 0 Å². The predicted octanol–water partition coefficient (Wildman–Crippen LogP) is 2.77.